The number of benzene rings is 5. The van der Waals surface area contributed by atoms with E-state index in [1.807, 2.05) is 63.4 Å². The molecule has 4 heterocycles. The maximum atomic E-state index is 12.0. The number of alkyl halides is 1. The van der Waals surface area contributed by atoms with Crippen LogP contribution >= 0.6 is 15.9 Å². The van der Waals surface area contributed by atoms with Gasteiger partial charge in [-0.05, 0) is 148 Å². The van der Waals surface area contributed by atoms with Crippen molar-refractivity contribution in [3.63, 3.8) is 0 Å². The summed E-state index contributed by atoms with van der Waals surface area (Å²) in [5, 5.41) is 9.10. The molecular weight excluding hydrogens is 1100 g/mol. The van der Waals surface area contributed by atoms with E-state index in [0.29, 0.717) is 28.1 Å². The van der Waals surface area contributed by atoms with Crippen molar-refractivity contribution in [2.24, 2.45) is 0 Å². The molecule has 2 N–H and O–H groups in total. The van der Waals surface area contributed by atoms with Crippen LogP contribution in [0.15, 0.2) is 112 Å². The second-order valence-electron chi connectivity index (χ2n) is 21.8. The van der Waals surface area contributed by atoms with Crippen LogP contribution in [0.3, 0.4) is 0 Å². The van der Waals surface area contributed by atoms with Crippen molar-refractivity contribution < 1.29 is 52.1 Å². The van der Waals surface area contributed by atoms with E-state index < -0.39 is 21.5 Å². The zero-order chi connectivity index (χ0) is 60.5. The third-order valence-electron chi connectivity index (χ3n) is 14.0. The van der Waals surface area contributed by atoms with Gasteiger partial charge >= 0.3 is 29.6 Å². The average molecular weight is 1180 g/mol. The van der Waals surface area contributed by atoms with Crippen molar-refractivity contribution in [1.29, 1.82) is 0 Å². The lowest BCUT2D eigenvalue weighted by atomic mass is 9.85. The Kier molecular flexibility index (Phi) is 20.3. The number of carbonyl (C=O) groups excluding carboxylic acids is 6. The Bertz CT molecular complexity index is 3320. The fraction of sp³-hybridized carbons (Fsp3) is 0.377. The molecule has 81 heavy (non-hydrogen) atoms. The number of ether oxygens (including phenoxy) is 4. The lowest BCUT2D eigenvalue weighted by Crippen LogP contribution is -2.39. The Morgan fingerprint density at radius 1 is 0.617 bits per heavy atom. The van der Waals surface area contributed by atoms with E-state index >= 15 is 0 Å². The quantitative estimate of drug-likeness (QED) is 0.0822. The van der Waals surface area contributed by atoms with Gasteiger partial charge in [0.2, 0.25) is 17.7 Å². The molecule has 432 valence electrons. The third-order valence-corrected chi connectivity index (χ3v) is 14.4. The molecule has 0 saturated carbocycles. The minimum absolute atomic E-state index is 0.0366. The molecular formula is C61H74BrN7O12. The predicted octanol–water partition coefficient (Wildman–Crippen LogP) is 9.81. The summed E-state index contributed by atoms with van der Waals surface area (Å²) in [7, 11) is 14.9. The number of methoxy groups -OCH3 is 4. The topological polar surface area (TPSA) is 223 Å². The van der Waals surface area contributed by atoms with Crippen LogP contribution in [0.4, 0.5) is 28.4 Å². The van der Waals surface area contributed by atoms with E-state index in [9.17, 15) is 33.6 Å². The zero-order valence-electron chi connectivity index (χ0n) is 49.2. The van der Waals surface area contributed by atoms with E-state index in [2.05, 4.69) is 103 Å². The fourth-order valence-corrected chi connectivity index (χ4v) is 9.91. The molecule has 6 aromatic rings. The molecule has 1 aromatic heterocycles. The lowest BCUT2D eigenvalue weighted by Gasteiger charge is -2.24. The van der Waals surface area contributed by atoms with E-state index in [0.717, 1.165) is 41.3 Å². The molecule has 3 aliphatic rings. The minimum atomic E-state index is -0.622. The molecule has 9 rings (SSSR count). The van der Waals surface area contributed by atoms with Crippen molar-refractivity contribution >= 4 is 80.1 Å². The molecule has 0 spiro atoms. The number of carbonyl (C=O) groups is 6. The number of anilines is 5. The summed E-state index contributed by atoms with van der Waals surface area (Å²) in [6, 6.07) is 30.8. The number of esters is 4. The van der Waals surface area contributed by atoms with E-state index in [1.54, 1.807) is 87.4 Å². The molecule has 0 atom stereocenters. The third kappa shape index (κ3) is 14.8. The number of aromatic nitrogens is 2. The summed E-state index contributed by atoms with van der Waals surface area (Å²) in [6.07, 6.45) is 0. The van der Waals surface area contributed by atoms with Gasteiger partial charge in [0, 0.05) is 93.2 Å². The van der Waals surface area contributed by atoms with Crippen molar-refractivity contribution in [3.8, 4) is 11.5 Å². The van der Waals surface area contributed by atoms with Crippen LogP contribution in [0.25, 0.3) is 11.5 Å². The van der Waals surface area contributed by atoms with Gasteiger partial charge in [0.25, 0.3) is 0 Å². The molecule has 0 radical (unpaired) electrons. The second-order valence-corrected chi connectivity index (χ2v) is 23.7. The van der Waals surface area contributed by atoms with Crippen molar-refractivity contribution in [2.45, 2.75) is 76.0 Å². The Morgan fingerprint density at radius 3 is 1.46 bits per heavy atom. The van der Waals surface area contributed by atoms with Crippen LogP contribution in [0.2, 0.25) is 0 Å². The molecule has 0 saturated heterocycles. The van der Waals surface area contributed by atoms with Crippen molar-refractivity contribution in [3.05, 3.63) is 153 Å². The fourth-order valence-electron chi connectivity index (χ4n) is 9.64. The van der Waals surface area contributed by atoms with Gasteiger partial charge in [0.1, 0.15) is 0 Å². The Morgan fingerprint density at radius 2 is 1.02 bits per heavy atom. The maximum absolute atomic E-state index is 12.0. The molecule has 0 bridgehead atoms. The van der Waals surface area contributed by atoms with E-state index in [1.165, 1.54) is 55.8 Å². The molecule has 5 aromatic carbocycles. The SMILES string of the molecule is CN1CC(C)(C)c2cc(-c3n[nH]c(=O)o3)ccc21.CNc1ccc(C(=O)OC)cc1.COC(=O)c1ccc(N(C)C(=O)C(C)(C)Br)cc1.COC(=O)c1ccc2c(c1)C(C)(C)C(=O)N2C.COC(=O)c1ccc2c(c1)C(C)(C)CN2C. The van der Waals surface area contributed by atoms with Gasteiger partial charge < -0.3 is 48.3 Å². The monoisotopic (exact) mass is 1180 g/mol. The number of fused-ring (bicyclic) bond motifs is 3. The predicted molar refractivity (Wildman–Crippen MR) is 319 cm³/mol. The molecule has 0 aliphatic carbocycles. The van der Waals surface area contributed by atoms with E-state index in [-0.39, 0.29) is 40.6 Å². The van der Waals surface area contributed by atoms with Gasteiger partial charge in [-0.2, -0.15) is 0 Å². The van der Waals surface area contributed by atoms with Crippen LogP contribution in [-0.4, -0.2) is 127 Å². The molecule has 19 nitrogen and oxygen atoms in total. The first-order valence-electron chi connectivity index (χ1n) is 25.7. The first-order chi connectivity index (χ1) is 37.9. The van der Waals surface area contributed by atoms with Crippen molar-refractivity contribution in [1.82, 2.24) is 10.2 Å². The lowest BCUT2D eigenvalue weighted by molar-refractivity contribution is -0.122. The largest absolute Gasteiger partial charge is 0.465 e. The standard InChI is InChI=1S/C13H16BrNO3.C13H15N3O2.C13H15NO3.C13H17NO2.C9H11NO2/c1-13(2,14)12(17)15(3)10-7-5-9(6-8-10)11(16)18-4;1-13(2)7-16(3)10-5-4-8(6-9(10)13)11-14-15-12(17)18-11;1-13(2)9-7-8(11(15)17-4)5-6-10(9)14(3)12(13)16;1-13(2)8-14(3)11-6-5-9(7-10(11)13)12(15)16-4;1-10-8-5-3-7(4-6-8)9(11)12-2/h5-8H,1-4H3;4-6H,7H2,1-3H3,(H,15,17);5-7H,1-4H3;5-7H,8H2,1-4H3;3-6,10H,1-2H3. The number of H-pyrrole nitrogens is 1. The number of hydrogen-bond acceptors (Lipinski definition) is 16. The highest BCUT2D eigenvalue weighted by Crippen LogP contribution is 2.43. The Labute approximate surface area is 482 Å². The Balaban J connectivity index is 0.000000187. The van der Waals surface area contributed by atoms with Crippen LogP contribution < -0.4 is 30.7 Å². The number of likely N-dealkylation sites (N-methyl/N-ethyl adjacent to an activating group) is 3. The van der Waals surface area contributed by atoms with Crippen molar-refractivity contribution in [2.75, 3.05) is 102 Å². The highest BCUT2D eigenvalue weighted by Gasteiger charge is 2.42. The smallest absolute Gasteiger partial charge is 0.434 e. The van der Waals surface area contributed by atoms with Gasteiger partial charge in [0.05, 0.1) is 60.4 Å². The second kappa shape index (κ2) is 25.9. The molecule has 3 aliphatic heterocycles. The first kappa shape index (κ1) is 63.6. The Hall–Kier alpha value is -8.26. The summed E-state index contributed by atoms with van der Waals surface area (Å²) in [5.74, 6) is -1.56. The average Bonchev–Trinajstić information content (AvgIpc) is 4.35. The number of nitrogens with zero attached hydrogens (tertiary/aromatic N) is 5. The summed E-state index contributed by atoms with van der Waals surface area (Å²) in [4.78, 5) is 87.9. The van der Waals surface area contributed by atoms with Gasteiger partial charge in [-0.15, -0.1) is 5.10 Å². The summed E-state index contributed by atoms with van der Waals surface area (Å²) >= 11 is 3.33. The van der Waals surface area contributed by atoms with Gasteiger partial charge in [0.15, 0.2) is 0 Å². The normalized spacial score (nSPS) is 14.5. The maximum Gasteiger partial charge on any atom is 0.434 e. The molecule has 20 heteroatoms. The molecule has 2 amide bonds. The number of nitrogens with one attached hydrogen (secondary N) is 2. The molecule has 0 unspecified atom stereocenters. The van der Waals surface area contributed by atoms with Crippen LogP contribution in [0.5, 0.6) is 0 Å². The zero-order valence-corrected chi connectivity index (χ0v) is 50.8. The van der Waals surface area contributed by atoms with Crippen LogP contribution in [0, 0.1) is 0 Å². The molecule has 0 fully saturated rings. The number of rotatable bonds is 8. The number of halogens is 1. The summed E-state index contributed by atoms with van der Waals surface area (Å²) < 4.78 is 22.9. The van der Waals surface area contributed by atoms with Gasteiger partial charge in [-0.3, -0.25) is 9.59 Å². The number of hydrogen-bond donors (Lipinski definition) is 2. The van der Waals surface area contributed by atoms with Crippen LogP contribution in [-0.2, 0) is 44.8 Å². The van der Waals surface area contributed by atoms with E-state index in [4.69, 9.17) is 9.15 Å². The summed E-state index contributed by atoms with van der Waals surface area (Å²) in [6.45, 7) is 18.1. The van der Waals surface area contributed by atoms with Gasteiger partial charge in [-0.1, -0.05) is 43.6 Å². The number of aromatic amines is 1. The number of amides is 2. The minimum Gasteiger partial charge on any atom is -0.465 e. The highest BCUT2D eigenvalue weighted by molar-refractivity contribution is 9.10. The van der Waals surface area contributed by atoms with Gasteiger partial charge in [-0.25, -0.2) is 29.1 Å². The first-order valence-corrected chi connectivity index (χ1v) is 26.5. The summed E-state index contributed by atoms with van der Waals surface area (Å²) in [5.41, 5.74) is 10.9. The van der Waals surface area contributed by atoms with Crippen LogP contribution in [0.1, 0.15) is 114 Å². The highest BCUT2D eigenvalue weighted by atomic mass is 79.9.